The molecule has 1 unspecified atom stereocenters. The predicted octanol–water partition coefficient (Wildman–Crippen LogP) is 2.94. The van der Waals surface area contributed by atoms with Gasteiger partial charge in [0.2, 0.25) is 0 Å². The van der Waals surface area contributed by atoms with Crippen molar-refractivity contribution in [1.29, 1.82) is 0 Å². The minimum Gasteiger partial charge on any atom is -0.324 e. The van der Waals surface area contributed by atoms with Gasteiger partial charge in [-0.1, -0.05) is 19.8 Å². The van der Waals surface area contributed by atoms with Crippen molar-refractivity contribution < 1.29 is 4.57 Å². The Hall–Kier alpha value is 0.230. The van der Waals surface area contributed by atoms with Gasteiger partial charge in [0, 0.05) is 5.66 Å². The predicted molar refractivity (Wildman–Crippen MR) is 46.3 cm³/mol. The molecule has 0 aromatic carbocycles. The Kier molecular flexibility index (Phi) is 2.57. The van der Waals surface area contributed by atoms with Crippen LogP contribution in [0.2, 0.25) is 0 Å². The van der Waals surface area contributed by atoms with E-state index in [1.165, 1.54) is 25.7 Å². The van der Waals surface area contributed by atoms with E-state index in [4.69, 9.17) is 0 Å². The molecule has 0 amide bonds. The minimum atomic E-state index is -1.72. The van der Waals surface area contributed by atoms with Crippen molar-refractivity contribution in [3.05, 3.63) is 0 Å². The van der Waals surface area contributed by atoms with E-state index in [0.717, 1.165) is 6.16 Å². The lowest BCUT2D eigenvalue weighted by Crippen LogP contribution is -2.03. The van der Waals surface area contributed by atoms with E-state index in [9.17, 15) is 4.57 Å². The Balaban J connectivity index is 2.54. The Morgan fingerprint density at radius 1 is 1.40 bits per heavy atom. The molecule has 10 heavy (non-hydrogen) atoms. The second-order valence-electron chi connectivity index (χ2n) is 3.43. The third-order valence-corrected chi connectivity index (χ3v) is 6.04. The topological polar surface area (TPSA) is 17.1 Å². The van der Waals surface area contributed by atoms with Gasteiger partial charge >= 0.3 is 0 Å². The van der Waals surface area contributed by atoms with Crippen LogP contribution >= 0.6 is 7.14 Å². The molecule has 0 heterocycles. The molecule has 1 atom stereocenters. The summed E-state index contributed by atoms with van der Waals surface area (Å²) in [6.07, 6.45) is 5.96. The molecule has 0 N–H and O–H groups in total. The van der Waals surface area contributed by atoms with Crippen LogP contribution in [0.5, 0.6) is 0 Å². The SMILES string of the molecule is CCP(C)(=O)C1CCCC1. The second-order valence-corrected chi connectivity index (χ2v) is 7.14. The monoisotopic (exact) mass is 160 g/mol. The average Bonchev–Trinajstić information content (AvgIpc) is 2.38. The number of hydrogen-bond acceptors (Lipinski definition) is 1. The van der Waals surface area contributed by atoms with Crippen molar-refractivity contribution in [1.82, 2.24) is 0 Å². The van der Waals surface area contributed by atoms with Crippen LogP contribution in [0.3, 0.4) is 0 Å². The molecule has 0 bridgehead atoms. The summed E-state index contributed by atoms with van der Waals surface area (Å²) in [5.41, 5.74) is 0.581. The van der Waals surface area contributed by atoms with E-state index in [-0.39, 0.29) is 0 Å². The highest BCUT2D eigenvalue weighted by molar-refractivity contribution is 7.63. The summed E-state index contributed by atoms with van der Waals surface area (Å²) < 4.78 is 11.8. The van der Waals surface area contributed by atoms with Gasteiger partial charge in [-0.3, -0.25) is 0 Å². The molecule has 1 saturated carbocycles. The summed E-state index contributed by atoms with van der Waals surface area (Å²) in [7, 11) is -1.72. The molecule has 0 aromatic rings. The number of rotatable bonds is 2. The van der Waals surface area contributed by atoms with Gasteiger partial charge in [0.25, 0.3) is 0 Å². The highest BCUT2D eigenvalue weighted by Gasteiger charge is 2.28. The van der Waals surface area contributed by atoms with E-state index < -0.39 is 7.14 Å². The zero-order valence-electron chi connectivity index (χ0n) is 6.97. The fourth-order valence-corrected chi connectivity index (χ4v) is 3.68. The molecule has 60 valence electrons. The lowest BCUT2D eigenvalue weighted by molar-refractivity contribution is 0.568. The highest BCUT2D eigenvalue weighted by Crippen LogP contribution is 2.52. The van der Waals surface area contributed by atoms with Crippen LogP contribution in [0, 0.1) is 0 Å². The van der Waals surface area contributed by atoms with E-state index >= 15 is 0 Å². The second kappa shape index (κ2) is 3.09. The van der Waals surface area contributed by atoms with Gasteiger partial charge in [0.15, 0.2) is 0 Å². The smallest absolute Gasteiger partial charge is 0.0874 e. The van der Waals surface area contributed by atoms with E-state index in [1.54, 1.807) is 0 Å². The highest BCUT2D eigenvalue weighted by atomic mass is 31.2. The van der Waals surface area contributed by atoms with Crippen molar-refractivity contribution in [3.63, 3.8) is 0 Å². The molecule has 1 aliphatic carbocycles. The Morgan fingerprint density at radius 2 is 1.90 bits per heavy atom. The van der Waals surface area contributed by atoms with Crippen LogP contribution in [0.15, 0.2) is 0 Å². The summed E-state index contributed by atoms with van der Waals surface area (Å²) in [5, 5.41) is 0. The molecule has 0 saturated heterocycles. The Labute approximate surface area is 63.6 Å². The van der Waals surface area contributed by atoms with Crippen LogP contribution < -0.4 is 0 Å². The first-order chi connectivity index (χ1) is 4.67. The largest absolute Gasteiger partial charge is 0.324 e. The molecule has 1 aliphatic rings. The van der Waals surface area contributed by atoms with Crippen molar-refractivity contribution in [2.45, 2.75) is 38.3 Å². The summed E-state index contributed by atoms with van der Waals surface area (Å²) in [5.74, 6) is 0. The summed E-state index contributed by atoms with van der Waals surface area (Å²) >= 11 is 0. The molecule has 1 nitrogen and oxygen atoms in total. The molecule has 2 heteroatoms. The van der Waals surface area contributed by atoms with E-state index in [1.807, 2.05) is 6.66 Å². The molecular weight excluding hydrogens is 143 g/mol. The first-order valence-electron chi connectivity index (χ1n) is 4.23. The first-order valence-corrected chi connectivity index (χ1v) is 6.64. The molecular formula is C8H17OP. The van der Waals surface area contributed by atoms with Crippen LogP contribution in [-0.2, 0) is 4.57 Å². The third-order valence-electron chi connectivity index (χ3n) is 2.73. The first kappa shape index (κ1) is 8.33. The zero-order valence-corrected chi connectivity index (χ0v) is 7.86. The normalized spacial score (nSPS) is 26.6. The Morgan fingerprint density at radius 3 is 2.30 bits per heavy atom. The molecule has 1 rings (SSSR count). The molecule has 0 radical (unpaired) electrons. The van der Waals surface area contributed by atoms with Gasteiger partial charge in [-0.05, 0) is 25.7 Å². The lowest BCUT2D eigenvalue weighted by atomic mass is 10.4. The van der Waals surface area contributed by atoms with Gasteiger partial charge < -0.3 is 4.57 Å². The van der Waals surface area contributed by atoms with Gasteiger partial charge in [-0.15, -0.1) is 0 Å². The molecule has 0 spiro atoms. The fraction of sp³-hybridized carbons (Fsp3) is 1.00. The van der Waals surface area contributed by atoms with Gasteiger partial charge in [0.1, 0.15) is 0 Å². The van der Waals surface area contributed by atoms with Crippen LogP contribution in [0.4, 0.5) is 0 Å². The average molecular weight is 160 g/mol. The lowest BCUT2D eigenvalue weighted by Gasteiger charge is -2.17. The van der Waals surface area contributed by atoms with Crippen LogP contribution in [0.25, 0.3) is 0 Å². The summed E-state index contributed by atoms with van der Waals surface area (Å²) in [4.78, 5) is 0. The molecule has 0 aliphatic heterocycles. The van der Waals surface area contributed by atoms with Crippen LogP contribution in [0.1, 0.15) is 32.6 Å². The van der Waals surface area contributed by atoms with E-state index in [2.05, 4.69) is 6.92 Å². The maximum absolute atomic E-state index is 11.8. The third kappa shape index (κ3) is 1.63. The van der Waals surface area contributed by atoms with Gasteiger partial charge in [-0.2, -0.15) is 0 Å². The maximum Gasteiger partial charge on any atom is 0.0874 e. The standard InChI is InChI=1S/C8H17OP/c1-3-10(2,9)8-6-4-5-7-8/h8H,3-7H2,1-2H3. The summed E-state index contributed by atoms with van der Waals surface area (Å²) in [6.45, 7) is 4.03. The van der Waals surface area contributed by atoms with Crippen LogP contribution in [-0.4, -0.2) is 18.5 Å². The van der Waals surface area contributed by atoms with Gasteiger partial charge in [0.05, 0.1) is 7.14 Å². The quantitative estimate of drug-likeness (QED) is 0.567. The maximum atomic E-state index is 11.8. The van der Waals surface area contributed by atoms with Gasteiger partial charge in [-0.25, -0.2) is 0 Å². The van der Waals surface area contributed by atoms with E-state index in [0.29, 0.717) is 5.66 Å². The summed E-state index contributed by atoms with van der Waals surface area (Å²) in [6, 6.07) is 0. The van der Waals surface area contributed by atoms with Crippen molar-refractivity contribution >= 4 is 7.14 Å². The number of hydrogen-bond donors (Lipinski definition) is 0. The van der Waals surface area contributed by atoms with Crippen molar-refractivity contribution in [2.24, 2.45) is 0 Å². The minimum absolute atomic E-state index is 0.581. The zero-order chi connectivity index (χ0) is 7.61. The Bertz CT molecular complexity index is 147. The van der Waals surface area contributed by atoms with Crippen molar-refractivity contribution in [3.8, 4) is 0 Å². The van der Waals surface area contributed by atoms with Crippen molar-refractivity contribution in [2.75, 3.05) is 12.8 Å². The molecule has 1 fully saturated rings. The fourth-order valence-electron chi connectivity index (χ4n) is 1.71. The molecule has 0 aromatic heterocycles.